The number of ether oxygens (including phenoxy) is 1. The molecule has 0 spiro atoms. The molecular weight excluding hydrogens is 336 g/mol. The molecule has 1 fully saturated rings. The van der Waals surface area contributed by atoms with Gasteiger partial charge in [-0.25, -0.2) is 8.78 Å². The van der Waals surface area contributed by atoms with Gasteiger partial charge in [0, 0.05) is 12.1 Å². The minimum atomic E-state index is -0.979. The number of aromatic nitrogens is 2. The molecule has 1 N–H and O–H groups in total. The fourth-order valence-corrected chi connectivity index (χ4v) is 2.41. The second kappa shape index (κ2) is 5.55. The number of morpholine rings is 1. The summed E-state index contributed by atoms with van der Waals surface area (Å²) in [6.45, 7) is 1.75. The van der Waals surface area contributed by atoms with E-state index in [1.54, 1.807) is 0 Å². The van der Waals surface area contributed by atoms with E-state index in [0.717, 1.165) is 6.07 Å². The molecule has 2 heterocycles. The Bertz CT molecular complexity index is 629. The van der Waals surface area contributed by atoms with Gasteiger partial charge in [0.1, 0.15) is 6.04 Å². The highest BCUT2D eigenvalue weighted by Crippen LogP contribution is 2.30. The molecule has 0 radical (unpaired) electrons. The van der Waals surface area contributed by atoms with Crippen LogP contribution in [0, 0.1) is 11.6 Å². The van der Waals surface area contributed by atoms with Crippen LogP contribution in [0.25, 0.3) is 11.4 Å². The molecule has 1 aromatic carbocycles. The summed E-state index contributed by atoms with van der Waals surface area (Å²) in [5, 5.41) is 6.96. The van der Waals surface area contributed by atoms with Crippen molar-refractivity contribution in [3.8, 4) is 11.4 Å². The third-order valence-corrected chi connectivity index (χ3v) is 3.71. The Labute approximate surface area is 121 Å². The molecule has 8 heteroatoms. The first kappa shape index (κ1) is 13.6. The van der Waals surface area contributed by atoms with Gasteiger partial charge in [-0.05, 0) is 28.1 Å². The first-order chi connectivity index (χ1) is 9.66. The lowest BCUT2D eigenvalue weighted by Gasteiger charge is -2.20. The molecule has 0 amide bonds. The maximum Gasteiger partial charge on any atom is 0.246 e. The van der Waals surface area contributed by atoms with Gasteiger partial charge in [-0.2, -0.15) is 4.98 Å². The van der Waals surface area contributed by atoms with Crippen molar-refractivity contribution in [2.24, 2.45) is 0 Å². The topological polar surface area (TPSA) is 60.2 Å². The number of halogens is 3. The molecule has 5 nitrogen and oxygen atoms in total. The summed E-state index contributed by atoms with van der Waals surface area (Å²) in [6.07, 6.45) is 0. The lowest BCUT2D eigenvalue weighted by Crippen LogP contribution is -2.34. The van der Waals surface area contributed by atoms with E-state index < -0.39 is 11.6 Å². The number of hydrogen-bond donors (Lipinski definition) is 1. The SMILES string of the molecule is Fc1ccc(-c2noc(C3COCCN3)n2)c(Br)c1F. The van der Waals surface area contributed by atoms with Crippen molar-refractivity contribution in [1.82, 2.24) is 15.5 Å². The smallest absolute Gasteiger partial charge is 0.246 e. The molecular formula is C12H10BrF2N3O2. The maximum absolute atomic E-state index is 13.5. The van der Waals surface area contributed by atoms with Crippen molar-refractivity contribution >= 4 is 15.9 Å². The fraction of sp³-hybridized carbons (Fsp3) is 0.333. The first-order valence-electron chi connectivity index (χ1n) is 5.95. The number of rotatable bonds is 2. The molecule has 106 valence electrons. The molecule has 3 rings (SSSR count). The van der Waals surface area contributed by atoms with Gasteiger partial charge in [0.2, 0.25) is 11.7 Å². The second-order valence-electron chi connectivity index (χ2n) is 4.26. The quantitative estimate of drug-likeness (QED) is 0.847. The summed E-state index contributed by atoms with van der Waals surface area (Å²) in [4.78, 5) is 4.20. The monoisotopic (exact) mass is 345 g/mol. The Morgan fingerprint density at radius 1 is 1.35 bits per heavy atom. The lowest BCUT2D eigenvalue weighted by atomic mass is 10.2. The molecule has 20 heavy (non-hydrogen) atoms. The Balaban J connectivity index is 1.92. The summed E-state index contributed by atoms with van der Waals surface area (Å²) in [7, 11) is 0. The van der Waals surface area contributed by atoms with Gasteiger partial charge in [0.05, 0.1) is 17.7 Å². The van der Waals surface area contributed by atoms with E-state index in [1.165, 1.54) is 6.07 Å². The average molecular weight is 346 g/mol. The molecule has 1 unspecified atom stereocenters. The molecule has 0 bridgehead atoms. The van der Waals surface area contributed by atoms with Gasteiger partial charge in [0.25, 0.3) is 0 Å². The van der Waals surface area contributed by atoms with Crippen molar-refractivity contribution in [2.45, 2.75) is 6.04 Å². The van der Waals surface area contributed by atoms with Crippen LogP contribution in [0.1, 0.15) is 11.9 Å². The Morgan fingerprint density at radius 2 is 2.20 bits per heavy atom. The molecule has 1 atom stereocenters. The Morgan fingerprint density at radius 3 is 2.95 bits per heavy atom. The van der Waals surface area contributed by atoms with E-state index >= 15 is 0 Å². The van der Waals surface area contributed by atoms with Crippen LogP contribution in [-0.2, 0) is 4.74 Å². The van der Waals surface area contributed by atoms with Crippen molar-refractivity contribution in [2.75, 3.05) is 19.8 Å². The zero-order valence-electron chi connectivity index (χ0n) is 10.2. The summed E-state index contributed by atoms with van der Waals surface area (Å²) in [6, 6.07) is 2.23. The average Bonchev–Trinajstić information content (AvgIpc) is 2.95. The van der Waals surface area contributed by atoms with E-state index in [0.29, 0.717) is 31.2 Å². The molecule has 1 aliphatic rings. The summed E-state index contributed by atoms with van der Waals surface area (Å²) in [5.74, 6) is -1.37. The maximum atomic E-state index is 13.5. The zero-order valence-corrected chi connectivity index (χ0v) is 11.8. The van der Waals surface area contributed by atoms with Crippen LogP contribution in [0.15, 0.2) is 21.1 Å². The van der Waals surface area contributed by atoms with Gasteiger partial charge >= 0.3 is 0 Å². The van der Waals surface area contributed by atoms with Gasteiger partial charge in [-0.1, -0.05) is 5.16 Å². The largest absolute Gasteiger partial charge is 0.378 e. The highest BCUT2D eigenvalue weighted by Gasteiger charge is 2.23. The minimum Gasteiger partial charge on any atom is -0.378 e. The van der Waals surface area contributed by atoms with Gasteiger partial charge in [-0.15, -0.1) is 0 Å². The van der Waals surface area contributed by atoms with Crippen LogP contribution < -0.4 is 5.32 Å². The molecule has 1 saturated heterocycles. The third kappa shape index (κ3) is 2.46. The van der Waals surface area contributed by atoms with E-state index in [-0.39, 0.29) is 16.3 Å². The highest BCUT2D eigenvalue weighted by molar-refractivity contribution is 9.10. The predicted octanol–water partition coefficient (Wildman–Crippen LogP) is 2.44. The fourth-order valence-electron chi connectivity index (χ4n) is 1.91. The number of nitrogens with one attached hydrogen (secondary N) is 1. The van der Waals surface area contributed by atoms with Crippen molar-refractivity contribution in [1.29, 1.82) is 0 Å². The second-order valence-corrected chi connectivity index (χ2v) is 5.05. The number of hydrogen-bond acceptors (Lipinski definition) is 5. The van der Waals surface area contributed by atoms with Crippen LogP contribution in [-0.4, -0.2) is 29.9 Å². The van der Waals surface area contributed by atoms with Gasteiger partial charge in [-0.3, -0.25) is 0 Å². The van der Waals surface area contributed by atoms with Crippen molar-refractivity contribution in [3.05, 3.63) is 34.1 Å². The summed E-state index contributed by atoms with van der Waals surface area (Å²) in [5.41, 5.74) is 0.329. The number of nitrogens with zero attached hydrogens (tertiary/aromatic N) is 2. The first-order valence-corrected chi connectivity index (χ1v) is 6.74. The van der Waals surface area contributed by atoms with E-state index in [2.05, 4.69) is 31.4 Å². The summed E-state index contributed by atoms with van der Waals surface area (Å²) < 4.78 is 37.0. The van der Waals surface area contributed by atoms with Crippen LogP contribution in [0.3, 0.4) is 0 Å². The molecule has 1 aromatic heterocycles. The predicted molar refractivity (Wildman–Crippen MR) is 68.9 cm³/mol. The third-order valence-electron chi connectivity index (χ3n) is 2.94. The van der Waals surface area contributed by atoms with Crippen molar-refractivity contribution < 1.29 is 18.0 Å². The van der Waals surface area contributed by atoms with Crippen molar-refractivity contribution in [3.63, 3.8) is 0 Å². The van der Waals surface area contributed by atoms with Gasteiger partial charge in [0.15, 0.2) is 11.6 Å². The molecule has 0 aliphatic carbocycles. The van der Waals surface area contributed by atoms with Gasteiger partial charge < -0.3 is 14.6 Å². The molecule has 0 saturated carbocycles. The van der Waals surface area contributed by atoms with Crippen LogP contribution >= 0.6 is 15.9 Å². The molecule has 1 aliphatic heterocycles. The Kier molecular flexibility index (Phi) is 3.77. The Hall–Kier alpha value is -1.38. The van der Waals surface area contributed by atoms with E-state index in [1.807, 2.05) is 0 Å². The van der Waals surface area contributed by atoms with Crippen LogP contribution in [0.2, 0.25) is 0 Å². The standard InChI is InChI=1S/C12H10BrF2N3O2/c13-9-6(1-2-7(14)10(9)15)11-17-12(20-18-11)8-5-19-4-3-16-8/h1-2,8,16H,3-5H2. The van der Waals surface area contributed by atoms with E-state index in [4.69, 9.17) is 9.26 Å². The van der Waals surface area contributed by atoms with Crippen LogP contribution in [0.5, 0.6) is 0 Å². The van der Waals surface area contributed by atoms with E-state index in [9.17, 15) is 8.78 Å². The highest BCUT2D eigenvalue weighted by atomic mass is 79.9. The van der Waals surface area contributed by atoms with Crippen LogP contribution in [0.4, 0.5) is 8.78 Å². The normalized spacial score (nSPS) is 19.2. The zero-order chi connectivity index (χ0) is 14.1. The molecule has 2 aromatic rings. The summed E-state index contributed by atoms with van der Waals surface area (Å²) >= 11 is 3.00. The number of benzene rings is 1. The lowest BCUT2D eigenvalue weighted by molar-refractivity contribution is 0.0659. The minimum absolute atomic E-state index is 0.0299.